The molecule has 0 aromatic rings. The Labute approximate surface area is 104 Å². The Kier molecular flexibility index (Phi) is 4.22. The third kappa shape index (κ3) is 2.56. The van der Waals surface area contributed by atoms with Crippen LogP contribution < -0.4 is 17.2 Å². The van der Waals surface area contributed by atoms with E-state index >= 15 is 0 Å². The Hall–Kier alpha value is -1.44. The standard InChI is InChI=1S/C6H7F9N4O/c7-2(8,4(11,18)6(14,15)20)3(9,10)5(12,13)19-1(16)17/h20H,18H2,(H4,16,17,19)/t4-/m0/s1. The monoisotopic (exact) mass is 322 g/mol. The van der Waals surface area contributed by atoms with Crippen molar-refractivity contribution in [3.8, 4) is 0 Å². The minimum Gasteiger partial charge on any atom is -0.370 e. The zero-order valence-corrected chi connectivity index (χ0v) is 9.03. The van der Waals surface area contributed by atoms with Crippen molar-refractivity contribution in [2.45, 2.75) is 29.8 Å². The summed E-state index contributed by atoms with van der Waals surface area (Å²) in [5.41, 5.74) is 12.1. The van der Waals surface area contributed by atoms with Crippen molar-refractivity contribution in [3.05, 3.63) is 0 Å². The van der Waals surface area contributed by atoms with Gasteiger partial charge >= 0.3 is 29.8 Å². The highest BCUT2D eigenvalue weighted by atomic mass is 19.4. The highest BCUT2D eigenvalue weighted by Gasteiger charge is 2.84. The summed E-state index contributed by atoms with van der Waals surface area (Å²) in [6.45, 7) is 0. The highest BCUT2D eigenvalue weighted by Crippen LogP contribution is 2.53. The molecular weight excluding hydrogens is 315 g/mol. The lowest BCUT2D eigenvalue weighted by Crippen LogP contribution is -2.73. The van der Waals surface area contributed by atoms with Crippen LogP contribution in [0.25, 0.3) is 0 Å². The van der Waals surface area contributed by atoms with E-state index in [1.165, 1.54) is 4.99 Å². The molecule has 7 N–H and O–H groups in total. The summed E-state index contributed by atoms with van der Waals surface area (Å²) in [7, 11) is 0. The average molecular weight is 322 g/mol. The molecule has 0 saturated heterocycles. The fourth-order valence-corrected chi connectivity index (χ4v) is 0.839. The van der Waals surface area contributed by atoms with Crippen molar-refractivity contribution < 1.29 is 44.6 Å². The summed E-state index contributed by atoms with van der Waals surface area (Å²) < 4.78 is 114. The zero-order chi connectivity index (χ0) is 16.8. The molecule has 0 aromatic carbocycles. The Morgan fingerprint density at radius 3 is 1.40 bits per heavy atom. The second kappa shape index (κ2) is 4.54. The number of aliphatic hydroxyl groups is 1. The van der Waals surface area contributed by atoms with Gasteiger partial charge in [0.25, 0.3) is 0 Å². The predicted octanol–water partition coefficient (Wildman–Crippen LogP) is 0.333. The predicted molar refractivity (Wildman–Crippen MR) is 45.8 cm³/mol. The number of hydrogen-bond donors (Lipinski definition) is 4. The summed E-state index contributed by atoms with van der Waals surface area (Å²) in [6, 6.07) is -6.18. The van der Waals surface area contributed by atoms with E-state index in [0.717, 1.165) is 0 Å². The number of nitrogens with two attached hydrogens (primary N) is 3. The van der Waals surface area contributed by atoms with E-state index in [0.29, 0.717) is 0 Å². The van der Waals surface area contributed by atoms with Crippen LogP contribution in [-0.2, 0) is 0 Å². The SMILES string of the molecule is NC(N)=NC(F)(F)C(F)(F)C(F)(F)[C@@](N)(F)C(O)(F)F. The first kappa shape index (κ1) is 18.6. The van der Waals surface area contributed by atoms with Crippen molar-refractivity contribution in [1.29, 1.82) is 0 Å². The third-order valence-electron chi connectivity index (χ3n) is 1.94. The highest BCUT2D eigenvalue weighted by molar-refractivity contribution is 5.76. The average Bonchev–Trinajstić information content (AvgIpc) is 2.12. The maximum atomic E-state index is 12.9. The van der Waals surface area contributed by atoms with Gasteiger partial charge in [-0.2, -0.15) is 40.1 Å². The number of rotatable bonds is 5. The second-order valence-electron chi connectivity index (χ2n) is 3.48. The van der Waals surface area contributed by atoms with Crippen molar-refractivity contribution in [2.75, 3.05) is 0 Å². The molecule has 0 aliphatic heterocycles. The lowest BCUT2D eigenvalue weighted by molar-refractivity contribution is -0.401. The van der Waals surface area contributed by atoms with Crippen molar-refractivity contribution in [3.63, 3.8) is 0 Å². The topological polar surface area (TPSA) is 111 Å². The second-order valence-corrected chi connectivity index (χ2v) is 3.48. The van der Waals surface area contributed by atoms with Crippen LogP contribution in [0.5, 0.6) is 0 Å². The molecule has 0 unspecified atom stereocenters. The number of hydrogen-bond acceptors (Lipinski definition) is 3. The molecule has 0 aliphatic carbocycles. The fraction of sp³-hybridized carbons (Fsp3) is 0.833. The van der Waals surface area contributed by atoms with E-state index < -0.39 is 35.8 Å². The smallest absolute Gasteiger partial charge is 0.370 e. The maximum absolute atomic E-state index is 12.9. The van der Waals surface area contributed by atoms with Gasteiger partial charge in [0.1, 0.15) is 0 Å². The van der Waals surface area contributed by atoms with Crippen LogP contribution in [0.3, 0.4) is 0 Å². The van der Waals surface area contributed by atoms with Crippen LogP contribution in [0.15, 0.2) is 4.99 Å². The summed E-state index contributed by atoms with van der Waals surface area (Å²) in [5.74, 6) is -21.9. The molecule has 0 amide bonds. The van der Waals surface area contributed by atoms with E-state index in [2.05, 4.69) is 17.2 Å². The molecule has 0 aliphatic rings. The summed E-state index contributed by atoms with van der Waals surface area (Å²) in [6.07, 6.45) is -6.27. The molecule has 14 heteroatoms. The largest absolute Gasteiger partial charge is 0.414 e. The van der Waals surface area contributed by atoms with Crippen LogP contribution in [-0.4, -0.2) is 40.9 Å². The lowest BCUT2D eigenvalue weighted by Gasteiger charge is -2.38. The minimum absolute atomic E-state index is 1.40. The Morgan fingerprint density at radius 2 is 1.15 bits per heavy atom. The van der Waals surface area contributed by atoms with Crippen molar-refractivity contribution >= 4 is 5.96 Å². The lowest BCUT2D eigenvalue weighted by atomic mass is 9.98. The van der Waals surface area contributed by atoms with Crippen LogP contribution in [0.2, 0.25) is 0 Å². The summed E-state index contributed by atoms with van der Waals surface area (Å²) in [5, 5.41) is 7.72. The molecule has 0 rings (SSSR count). The molecule has 0 aromatic heterocycles. The van der Waals surface area contributed by atoms with Gasteiger partial charge in [0.05, 0.1) is 0 Å². The van der Waals surface area contributed by atoms with Crippen LogP contribution in [0.1, 0.15) is 0 Å². The van der Waals surface area contributed by atoms with Crippen LogP contribution >= 0.6 is 0 Å². The molecule has 0 spiro atoms. The number of alkyl halides is 9. The van der Waals surface area contributed by atoms with Gasteiger partial charge in [0, 0.05) is 0 Å². The van der Waals surface area contributed by atoms with Crippen LogP contribution in [0, 0.1) is 0 Å². The molecule has 0 fully saturated rings. The first-order valence-corrected chi connectivity index (χ1v) is 4.24. The molecule has 0 radical (unpaired) electrons. The molecule has 120 valence electrons. The van der Waals surface area contributed by atoms with Crippen LogP contribution in [0.4, 0.5) is 39.5 Å². The quantitative estimate of drug-likeness (QED) is 0.253. The molecular formula is C6H7F9N4O. The number of guanidine groups is 1. The molecule has 20 heavy (non-hydrogen) atoms. The van der Waals surface area contributed by atoms with Gasteiger partial charge in [-0.3, -0.25) is 5.73 Å². The number of nitrogens with zero attached hydrogens (tertiary/aromatic N) is 1. The molecule has 5 nitrogen and oxygen atoms in total. The van der Waals surface area contributed by atoms with Gasteiger partial charge in [-0.1, -0.05) is 0 Å². The van der Waals surface area contributed by atoms with Gasteiger partial charge in [-0.25, -0.2) is 4.39 Å². The van der Waals surface area contributed by atoms with E-state index in [9.17, 15) is 39.5 Å². The third-order valence-corrected chi connectivity index (χ3v) is 1.94. The van der Waals surface area contributed by atoms with Crippen molar-refractivity contribution in [2.24, 2.45) is 22.2 Å². The first-order chi connectivity index (χ1) is 8.42. The van der Waals surface area contributed by atoms with Gasteiger partial charge in [0.2, 0.25) is 0 Å². The molecule has 0 heterocycles. The van der Waals surface area contributed by atoms with E-state index in [4.69, 9.17) is 5.11 Å². The zero-order valence-electron chi connectivity index (χ0n) is 9.03. The number of aliphatic imine (C=N–C) groups is 1. The summed E-state index contributed by atoms with van der Waals surface area (Å²) in [4.78, 5) is 1.40. The Morgan fingerprint density at radius 1 is 0.800 bits per heavy atom. The van der Waals surface area contributed by atoms with Gasteiger partial charge in [0.15, 0.2) is 5.96 Å². The minimum atomic E-state index is -6.94. The van der Waals surface area contributed by atoms with E-state index in [1.807, 2.05) is 0 Å². The fourth-order valence-electron chi connectivity index (χ4n) is 0.839. The van der Waals surface area contributed by atoms with Gasteiger partial charge in [-0.05, 0) is 0 Å². The Bertz CT molecular complexity index is 398. The maximum Gasteiger partial charge on any atom is 0.414 e. The molecule has 1 atom stereocenters. The van der Waals surface area contributed by atoms with Gasteiger partial charge in [-0.15, -0.1) is 0 Å². The van der Waals surface area contributed by atoms with Gasteiger partial charge < -0.3 is 16.6 Å². The van der Waals surface area contributed by atoms with E-state index in [-0.39, 0.29) is 0 Å². The summed E-state index contributed by atoms with van der Waals surface area (Å²) >= 11 is 0. The van der Waals surface area contributed by atoms with Crippen molar-refractivity contribution in [1.82, 2.24) is 0 Å². The number of halogens is 9. The normalized spacial score (nSPS) is 17.6. The molecule has 0 bridgehead atoms. The Balaban J connectivity index is 6.00. The van der Waals surface area contributed by atoms with E-state index in [1.54, 1.807) is 0 Å². The molecule has 0 saturated carbocycles. The first-order valence-electron chi connectivity index (χ1n) is 4.24.